The zero-order valence-corrected chi connectivity index (χ0v) is 18.4. The van der Waals surface area contributed by atoms with E-state index in [1.165, 1.54) is 17.4 Å². The molecule has 3 amide bonds. The average molecular weight is 447 g/mol. The number of carbonyl (C=O) groups excluding carboxylic acids is 2. The number of piperazine rings is 2. The normalized spacial score (nSPS) is 17.7. The number of aromatic nitrogens is 1. The number of amides is 3. The van der Waals surface area contributed by atoms with Crippen LogP contribution in [0.3, 0.4) is 0 Å². The second-order valence-electron chi connectivity index (χ2n) is 7.86. The second-order valence-corrected chi connectivity index (χ2v) is 8.72. The smallest absolute Gasteiger partial charge is 0.323 e. The molecule has 2 aromatic rings. The molecule has 2 fully saturated rings. The van der Waals surface area contributed by atoms with Crippen molar-refractivity contribution in [2.75, 3.05) is 69.6 Å². The number of para-hydroxylation sites is 1. The highest BCUT2D eigenvalue weighted by Gasteiger charge is 2.24. The first-order chi connectivity index (χ1) is 15.0. The lowest BCUT2D eigenvalue weighted by Crippen LogP contribution is -2.49. The molecule has 1 aromatic heterocycles. The monoisotopic (exact) mass is 446 g/mol. The van der Waals surface area contributed by atoms with Gasteiger partial charge in [-0.3, -0.25) is 10.1 Å². The summed E-state index contributed by atoms with van der Waals surface area (Å²) in [6, 6.07) is 6.56. The SMILES string of the molecule is CN1CCN(C(=O)Nc2nc(CC(=O)N3CCN(c4ccccc4F)CC3)cs2)CC1. The molecule has 2 aliphatic rings. The molecule has 31 heavy (non-hydrogen) atoms. The Bertz CT molecular complexity index is 922. The summed E-state index contributed by atoms with van der Waals surface area (Å²) >= 11 is 1.33. The minimum Gasteiger partial charge on any atom is -0.366 e. The van der Waals surface area contributed by atoms with Crippen LogP contribution in [-0.2, 0) is 11.2 Å². The van der Waals surface area contributed by atoms with E-state index in [9.17, 15) is 14.0 Å². The maximum Gasteiger partial charge on any atom is 0.323 e. The van der Waals surface area contributed by atoms with Gasteiger partial charge in [-0.15, -0.1) is 11.3 Å². The average Bonchev–Trinajstić information content (AvgIpc) is 3.21. The van der Waals surface area contributed by atoms with Gasteiger partial charge in [0, 0.05) is 57.7 Å². The standard InChI is InChI=1S/C21H27FN6O2S/c1-25-6-8-28(9-7-25)21(30)24-20-23-16(15-31-20)14-19(29)27-12-10-26(11-13-27)18-5-3-2-4-17(18)22/h2-5,15H,6-14H2,1H3,(H,23,24,30). The van der Waals surface area contributed by atoms with Gasteiger partial charge in [-0.05, 0) is 19.2 Å². The molecule has 0 saturated carbocycles. The fourth-order valence-electron chi connectivity index (χ4n) is 3.80. The third kappa shape index (κ3) is 5.31. The van der Waals surface area contributed by atoms with Gasteiger partial charge in [0.2, 0.25) is 5.91 Å². The molecular formula is C21H27FN6O2S. The van der Waals surface area contributed by atoms with Crippen molar-refractivity contribution in [2.45, 2.75) is 6.42 Å². The molecule has 0 radical (unpaired) electrons. The predicted octanol–water partition coefficient (Wildman–Crippen LogP) is 1.95. The highest BCUT2D eigenvalue weighted by atomic mass is 32.1. The number of halogens is 1. The molecule has 10 heteroatoms. The second kappa shape index (κ2) is 9.61. The van der Waals surface area contributed by atoms with Crippen LogP contribution in [0.15, 0.2) is 29.6 Å². The summed E-state index contributed by atoms with van der Waals surface area (Å²) in [4.78, 5) is 37.2. The van der Waals surface area contributed by atoms with Crippen molar-refractivity contribution in [1.82, 2.24) is 19.7 Å². The van der Waals surface area contributed by atoms with E-state index < -0.39 is 0 Å². The lowest BCUT2D eigenvalue weighted by molar-refractivity contribution is -0.130. The molecule has 1 N–H and O–H groups in total. The molecule has 2 saturated heterocycles. The third-order valence-corrected chi connectivity index (χ3v) is 6.52. The summed E-state index contributed by atoms with van der Waals surface area (Å²) in [6.07, 6.45) is 0.195. The van der Waals surface area contributed by atoms with E-state index in [4.69, 9.17) is 0 Å². The zero-order valence-electron chi connectivity index (χ0n) is 17.6. The Balaban J connectivity index is 1.26. The Morgan fingerprint density at radius 3 is 2.42 bits per heavy atom. The van der Waals surface area contributed by atoms with Crippen molar-refractivity contribution >= 4 is 34.1 Å². The Hall–Kier alpha value is -2.72. The first-order valence-corrected chi connectivity index (χ1v) is 11.3. The van der Waals surface area contributed by atoms with Crippen molar-refractivity contribution in [1.29, 1.82) is 0 Å². The van der Waals surface area contributed by atoms with Crippen molar-refractivity contribution in [2.24, 2.45) is 0 Å². The molecule has 8 nitrogen and oxygen atoms in total. The molecule has 4 rings (SSSR count). The predicted molar refractivity (Wildman–Crippen MR) is 119 cm³/mol. The number of nitrogens with one attached hydrogen (secondary N) is 1. The number of likely N-dealkylation sites (N-methyl/N-ethyl adjacent to an activating group) is 1. The minimum absolute atomic E-state index is 0.00423. The topological polar surface area (TPSA) is 72.0 Å². The quantitative estimate of drug-likeness (QED) is 0.777. The molecule has 2 aliphatic heterocycles. The lowest BCUT2D eigenvalue weighted by atomic mass is 10.2. The highest BCUT2D eigenvalue weighted by Crippen LogP contribution is 2.21. The molecule has 1 aromatic carbocycles. The van der Waals surface area contributed by atoms with Crippen molar-refractivity contribution in [3.8, 4) is 0 Å². The van der Waals surface area contributed by atoms with Crippen molar-refractivity contribution < 1.29 is 14.0 Å². The van der Waals surface area contributed by atoms with E-state index in [0.29, 0.717) is 55.8 Å². The van der Waals surface area contributed by atoms with Crippen molar-refractivity contribution in [3.63, 3.8) is 0 Å². The number of carbonyl (C=O) groups is 2. The van der Waals surface area contributed by atoms with E-state index in [-0.39, 0.29) is 24.2 Å². The minimum atomic E-state index is -0.240. The molecule has 0 bridgehead atoms. The first-order valence-electron chi connectivity index (χ1n) is 10.5. The van der Waals surface area contributed by atoms with Crippen LogP contribution in [0, 0.1) is 5.82 Å². The molecule has 0 atom stereocenters. The summed E-state index contributed by atoms with van der Waals surface area (Å²) in [5.74, 6) is -0.244. The van der Waals surface area contributed by atoms with Crippen LogP contribution in [0.5, 0.6) is 0 Å². The molecule has 0 unspecified atom stereocenters. The number of thiazole rings is 1. The van der Waals surface area contributed by atoms with Gasteiger partial charge in [-0.25, -0.2) is 14.2 Å². The third-order valence-electron chi connectivity index (χ3n) is 5.71. The summed E-state index contributed by atoms with van der Waals surface area (Å²) < 4.78 is 14.0. The van der Waals surface area contributed by atoms with E-state index in [1.54, 1.807) is 21.9 Å². The number of urea groups is 1. The molecule has 166 valence electrons. The van der Waals surface area contributed by atoms with Crippen molar-refractivity contribution in [3.05, 3.63) is 41.2 Å². The molecule has 0 spiro atoms. The van der Waals surface area contributed by atoms with Crippen LogP contribution in [0.2, 0.25) is 0 Å². The van der Waals surface area contributed by atoms with E-state index in [1.807, 2.05) is 23.4 Å². The van der Waals surface area contributed by atoms with Crippen LogP contribution in [0.1, 0.15) is 5.69 Å². The van der Waals surface area contributed by atoms with E-state index >= 15 is 0 Å². The van der Waals surface area contributed by atoms with Crippen LogP contribution in [0.4, 0.5) is 20.0 Å². The summed E-state index contributed by atoms with van der Waals surface area (Å²) in [7, 11) is 2.04. The van der Waals surface area contributed by atoms with Crippen LogP contribution < -0.4 is 10.2 Å². The van der Waals surface area contributed by atoms with Gasteiger partial charge in [0.25, 0.3) is 0 Å². The van der Waals surface area contributed by atoms with Crippen LogP contribution in [0.25, 0.3) is 0 Å². The fraction of sp³-hybridized carbons (Fsp3) is 0.476. The lowest BCUT2D eigenvalue weighted by Gasteiger charge is -2.36. The van der Waals surface area contributed by atoms with Gasteiger partial charge in [0.1, 0.15) is 5.82 Å². The molecule has 0 aliphatic carbocycles. The highest BCUT2D eigenvalue weighted by molar-refractivity contribution is 7.13. The first kappa shape index (κ1) is 21.5. The Kier molecular flexibility index (Phi) is 6.67. The number of hydrogen-bond acceptors (Lipinski definition) is 6. The number of benzene rings is 1. The number of nitrogens with zero attached hydrogens (tertiary/aromatic N) is 5. The largest absolute Gasteiger partial charge is 0.366 e. The van der Waals surface area contributed by atoms with Crippen LogP contribution >= 0.6 is 11.3 Å². The molecule has 3 heterocycles. The Labute approximate surface area is 185 Å². The molecular weight excluding hydrogens is 419 g/mol. The van der Waals surface area contributed by atoms with Gasteiger partial charge >= 0.3 is 6.03 Å². The van der Waals surface area contributed by atoms with E-state index in [2.05, 4.69) is 15.2 Å². The number of anilines is 2. The Morgan fingerprint density at radius 1 is 1.03 bits per heavy atom. The Morgan fingerprint density at radius 2 is 1.71 bits per heavy atom. The van der Waals surface area contributed by atoms with Gasteiger partial charge < -0.3 is 19.6 Å². The van der Waals surface area contributed by atoms with Gasteiger partial charge in [-0.2, -0.15) is 0 Å². The fourth-order valence-corrected chi connectivity index (χ4v) is 4.50. The summed E-state index contributed by atoms with van der Waals surface area (Å²) in [5.41, 5.74) is 1.23. The summed E-state index contributed by atoms with van der Waals surface area (Å²) in [5, 5.41) is 5.16. The summed E-state index contributed by atoms with van der Waals surface area (Å²) in [6.45, 7) is 5.38. The number of hydrogen-bond donors (Lipinski definition) is 1. The van der Waals surface area contributed by atoms with Gasteiger partial charge in [0.15, 0.2) is 5.13 Å². The maximum atomic E-state index is 14.0. The van der Waals surface area contributed by atoms with Gasteiger partial charge in [-0.1, -0.05) is 12.1 Å². The van der Waals surface area contributed by atoms with Crippen LogP contribution in [-0.4, -0.2) is 91.0 Å². The zero-order chi connectivity index (χ0) is 21.8. The maximum absolute atomic E-state index is 14.0. The van der Waals surface area contributed by atoms with E-state index in [0.717, 1.165) is 13.1 Å². The number of rotatable bonds is 4. The van der Waals surface area contributed by atoms with Gasteiger partial charge in [0.05, 0.1) is 17.8 Å².